The Morgan fingerprint density at radius 3 is 2.89 bits per heavy atom. The molecule has 1 rings (SSSR count). The van der Waals surface area contributed by atoms with Gasteiger partial charge in [-0.15, -0.1) is 0 Å². The summed E-state index contributed by atoms with van der Waals surface area (Å²) in [5.41, 5.74) is 5.33. The lowest BCUT2D eigenvalue weighted by Crippen LogP contribution is -2.45. The van der Waals surface area contributed by atoms with Crippen LogP contribution in [0.1, 0.15) is 0 Å². The van der Waals surface area contributed by atoms with E-state index < -0.39 is 0 Å². The van der Waals surface area contributed by atoms with Crippen LogP contribution in [0.3, 0.4) is 0 Å². The van der Waals surface area contributed by atoms with E-state index in [9.17, 15) is 0 Å². The van der Waals surface area contributed by atoms with Gasteiger partial charge in [0.05, 0.1) is 6.61 Å². The summed E-state index contributed by atoms with van der Waals surface area (Å²) >= 11 is 4.73. The molecule has 0 radical (unpaired) electrons. The largest absolute Gasteiger partial charge is 0.391 e. The fourth-order valence-electron chi connectivity index (χ4n) is 0.748. The molecule has 1 aliphatic rings. The molecule has 1 heterocycles. The maximum absolute atomic E-state index is 5.33. The van der Waals surface area contributed by atoms with Crippen LogP contribution >= 0.6 is 12.2 Å². The van der Waals surface area contributed by atoms with Crippen molar-refractivity contribution in [3.05, 3.63) is 0 Å². The Morgan fingerprint density at radius 1 is 1.78 bits per heavy atom. The zero-order valence-electron chi connectivity index (χ0n) is 5.09. The Balaban J connectivity index is 2.31. The summed E-state index contributed by atoms with van der Waals surface area (Å²) in [6.07, 6.45) is -0.0475. The Kier molecular flexibility index (Phi) is 2.38. The van der Waals surface area contributed by atoms with E-state index in [1.54, 1.807) is 0 Å². The fraction of sp³-hybridized carbons (Fsp3) is 0.800. The highest BCUT2D eigenvalue weighted by atomic mass is 32.1. The molecule has 9 heavy (non-hydrogen) atoms. The van der Waals surface area contributed by atoms with E-state index >= 15 is 0 Å². The Hall–Kier alpha value is -0.190. The van der Waals surface area contributed by atoms with Crippen molar-refractivity contribution in [2.75, 3.05) is 19.7 Å². The molecule has 0 amide bonds. The highest BCUT2D eigenvalue weighted by molar-refractivity contribution is 7.80. The number of rotatable bonds is 1. The molecule has 4 heteroatoms. The Morgan fingerprint density at radius 2 is 2.56 bits per heavy atom. The van der Waals surface area contributed by atoms with Gasteiger partial charge in [-0.3, -0.25) is 0 Å². The molecule has 0 saturated carbocycles. The van der Waals surface area contributed by atoms with Crippen LogP contribution in [-0.2, 0) is 4.74 Å². The van der Waals surface area contributed by atoms with Gasteiger partial charge >= 0.3 is 0 Å². The van der Waals surface area contributed by atoms with Gasteiger partial charge in [0.25, 0.3) is 0 Å². The molecule has 1 aliphatic heterocycles. The van der Waals surface area contributed by atoms with Crippen LogP contribution < -0.4 is 11.1 Å². The summed E-state index contributed by atoms with van der Waals surface area (Å²) in [5.74, 6) is 0. The average molecular weight is 146 g/mol. The molecule has 3 nitrogen and oxygen atoms in total. The molecule has 0 bridgehead atoms. The number of nitrogens with two attached hydrogens (primary N) is 1. The van der Waals surface area contributed by atoms with Crippen LogP contribution in [-0.4, -0.2) is 30.8 Å². The SMILES string of the molecule is NC(=S)C1CNCCO1. The average Bonchev–Trinajstić information content (AvgIpc) is 1.90. The standard InChI is InChI=1S/C5H10N2OS/c6-5(9)4-3-7-1-2-8-4/h4,7H,1-3H2,(H2,6,9). The molecule has 52 valence electrons. The van der Waals surface area contributed by atoms with Gasteiger partial charge in [0.1, 0.15) is 11.1 Å². The highest BCUT2D eigenvalue weighted by Gasteiger charge is 2.14. The van der Waals surface area contributed by atoms with E-state index in [1.807, 2.05) is 0 Å². The van der Waals surface area contributed by atoms with E-state index in [4.69, 9.17) is 22.7 Å². The zero-order chi connectivity index (χ0) is 6.69. The number of hydrogen-bond donors (Lipinski definition) is 2. The van der Waals surface area contributed by atoms with Crippen LogP contribution in [0.15, 0.2) is 0 Å². The summed E-state index contributed by atoms with van der Waals surface area (Å²) in [6, 6.07) is 0. The van der Waals surface area contributed by atoms with Gasteiger partial charge in [-0.05, 0) is 0 Å². The normalized spacial score (nSPS) is 27.8. The molecule has 0 aliphatic carbocycles. The van der Waals surface area contributed by atoms with Crippen LogP contribution in [0.5, 0.6) is 0 Å². The van der Waals surface area contributed by atoms with Crippen molar-refractivity contribution >= 4 is 17.2 Å². The summed E-state index contributed by atoms with van der Waals surface area (Å²) in [4.78, 5) is 0.446. The quantitative estimate of drug-likeness (QED) is 0.478. The second-order valence-electron chi connectivity index (χ2n) is 1.97. The van der Waals surface area contributed by atoms with Crippen LogP contribution in [0.4, 0.5) is 0 Å². The molecule has 1 unspecified atom stereocenters. The molecule has 1 saturated heterocycles. The fourth-order valence-corrected chi connectivity index (χ4v) is 0.900. The number of hydrogen-bond acceptors (Lipinski definition) is 3. The molecule has 0 aromatic heterocycles. The second kappa shape index (κ2) is 3.10. The molecular formula is C5H10N2OS. The minimum atomic E-state index is -0.0475. The summed E-state index contributed by atoms with van der Waals surface area (Å²) < 4.78 is 5.21. The van der Waals surface area contributed by atoms with Gasteiger partial charge in [0, 0.05) is 13.1 Å². The molecule has 1 atom stereocenters. The van der Waals surface area contributed by atoms with Crippen molar-refractivity contribution < 1.29 is 4.74 Å². The van der Waals surface area contributed by atoms with Crippen LogP contribution in [0, 0.1) is 0 Å². The van der Waals surface area contributed by atoms with Gasteiger partial charge in [-0.1, -0.05) is 12.2 Å². The van der Waals surface area contributed by atoms with Crippen LogP contribution in [0.2, 0.25) is 0 Å². The third-order valence-corrected chi connectivity index (χ3v) is 1.51. The molecule has 1 fully saturated rings. The minimum absolute atomic E-state index is 0.0475. The summed E-state index contributed by atoms with van der Waals surface area (Å²) in [5, 5.41) is 3.12. The third-order valence-electron chi connectivity index (χ3n) is 1.24. The van der Waals surface area contributed by atoms with Crippen molar-refractivity contribution in [1.29, 1.82) is 0 Å². The predicted octanol–water partition coefficient (Wildman–Crippen LogP) is -0.739. The number of thiocarbonyl (C=S) groups is 1. The van der Waals surface area contributed by atoms with Crippen molar-refractivity contribution in [2.24, 2.45) is 5.73 Å². The Labute approximate surface area is 59.6 Å². The first-order chi connectivity index (χ1) is 4.30. The zero-order valence-corrected chi connectivity index (χ0v) is 5.91. The lowest BCUT2D eigenvalue weighted by Gasteiger charge is -2.21. The smallest absolute Gasteiger partial charge is 0.120 e. The van der Waals surface area contributed by atoms with E-state index in [2.05, 4.69) is 5.32 Å². The first-order valence-corrected chi connectivity index (χ1v) is 3.33. The van der Waals surface area contributed by atoms with Gasteiger partial charge in [0.2, 0.25) is 0 Å². The lowest BCUT2D eigenvalue weighted by molar-refractivity contribution is 0.0719. The second-order valence-corrected chi connectivity index (χ2v) is 2.44. The highest BCUT2D eigenvalue weighted by Crippen LogP contribution is 1.94. The molecule has 0 spiro atoms. The van der Waals surface area contributed by atoms with Gasteiger partial charge in [-0.2, -0.15) is 0 Å². The third kappa shape index (κ3) is 1.89. The number of ether oxygens (including phenoxy) is 1. The van der Waals surface area contributed by atoms with Gasteiger partial charge in [-0.25, -0.2) is 0 Å². The Bertz CT molecular complexity index is 112. The van der Waals surface area contributed by atoms with Crippen molar-refractivity contribution in [2.45, 2.75) is 6.10 Å². The maximum Gasteiger partial charge on any atom is 0.120 e. The minimum Gasteiger partial charge on any atom is -0.391 e. The topological polar surface area (TPSA) is 47.3 Å². The van der Waals surface area contributed by atoms with E-state index in [-0.39, 0.29) is 6.10 Å². The summed E-state index contributed by atoms with van der Waals surface area (Å²) in [7, 11) is 0. The molecule has 3 N–H and O–H groups in total. The van der Waals surface area contributed by atoms with Crippen molar-refractivity contribution in [3.8, 4) is 0 Å². The maximum atomic E-state index is 5.33. The number of morpholine rings is 1. The van der Waals surface area contributed by atoms with E-state index in [1.165, 1.54) is 0 Å². The number of nitrogens with one attached hydrogen (secondary N) is 1. The monoisotopic (exact) mass is 146 g/mol. The lowest BCUT2D eigenvalue weighted by atomic mass is 10.3. The van der Waals surface area contributed by atoms with Crippen molar-refractivity contribution in [1.82, 2.24) is 5.32 Å². The van der Waals surface area contributed by atoms with Crippen molar-refractivity contribution in [3.63, 3.8) is 0 Å². The predicted molar refractivity (Wildman–Crippen MR) is 39.4 cm³/mol. The first kappa shape index (κ1) is 6.92. The van der Waals surface area contributed by atoms with E-state index in [0.717, 1.165) is 13.1 Å². The van der Waals surface area contributed by atoms with E-state index in [0.29, 0.717) is 11.6 Å². The first-order valence-electron chi connectivity index (χ1n) is 2.92. The van der Waals surface area contributed by atoms with Crippen LogP contribution in [0.25, 0.3) is 0 Å². The molecular weight excluding hydrogens is 136 g/mol. The molecule has 0 aromatic carbocycles. The van der Waals surface area contributed by atoms with Gasteiger partial charge in [0.15, 0.2) is 0 Å². The molecule has 0 aromatic rings. The van der Waals surface area contributed by atoms with Gasteiger partial charge < -0.3 is 15.8 Å². The summed E-state index contributed by atoms with van der Waals surface area (Å²) in [6.45, 7) is 2.37.